The summed E-state index contributed by atoms with van der Waals surface area (Å²) in [4.78, 5) is 1.61. The third-order valence-corrected chi connectivity index (χ3v) is 3.39. The van der Waals surface area contributed by atoms with E-state index in [9.17, 15) is 13.2 Å². The van der Waals surface area contributed by atoms with E-state index in [1.807, 2.05) is 0 Å². The third kappa shape index (κ3) is 2.84. The Labute approximate surface area is 87.8 Å². The number of piperazine rings is 1. The molecule has 88 valence electrons. The second-order valence-electron chi connectivity index (χ2n) is 4.50. The quantitative estimate of drug-likeness (QED) is 0.727. The van der Waals surface area contributed by atoms with E-state index in [1.54, 1.807) is 4.90 Å². The minimum atomic E-state index is -4.06. The zero-order chi connectivity index (χ0) is 10.9. The largest absolute Gasteiger partial charge is 0.401 e. The Balaban J connectivity index is 1.97. The van der Waals surface area contributed by atoms with Gasteiger partial charge in [0.05, 0.1) is 6.54 Å². The van der Waals surface area contributed by atoms with Crippen LogP contribution in [0.25, 0.3) is 0 Å². The van der Waals surface area contributed by atoms with Gasteiger partial charge in [0.1, 0.15) is 0 Å². The monoisotopic (exact) mass is 222 g/mol. The van der Waals surface area contributed by atoms with Crippen LogP contribution in [0.4, 0.5) is 13.2 Å². The van der Waals surface area contributed by atoms with Gasteiger partial charge in [0.2, 0.25) is 0 Å². The van der Waals surface area contributed by atoms with Crippen molar-refractivity contribution in [2.24, 2.45) is 0 Å². The molecule has 0 aromatic carbocycles. The number of fused-ring (bicyclic) bond motifs is 1. The van der Waals surface area contributed by atoms with Gasteiger partial charge in [-0.2, -0.15) is 13.2 Å². The summed E-state index contributed by atoms with van der Waals surface area (Å²) in [7, 11) is 0. The van der Waals surface area contributed by atoms with Crippen molar-refractivity contribution in [2.75, 3.05) is 19.6 Å². The second-order valence-corrected chi connectivity index (χ2v) is 4.50. The van der Waals surface area contributed by atoms with Crippen LogP contribution in [0.1, 0.15) is 25.7 Å². The summed E-state index contributed by atoms with van der Waals surface area (Å²) >= 11 is 0. The molecule has 1 saturated heterocycles. The fourth-order valence-corrected chi connectivity index (χ4v) is 2.77. The van der Waals surface area contributed by atoms with Gasteiger partial charge in [0.15, 0.2) is 0 Å². The average molecular weight is 222 g/mol. The molecule has 15 heavy (non-hydrogen) atoms. The molecule has 2 rings (SSSR count). The number of nitrogens with zero attached hydrogens (tertiary/aromatic N) is 1. The van der Waals surface area contributed by atoms with Crippen molar-refractivity contribution < 1.29 is 13.2 Å². The van der Waals surface area contributed by atoms with Crippen molar-refractivity contribution in [3.63, 3.8) is 0 Å². The van der Waals surface area contributed by atoms with E-state index in [-0.39, 0.29) is 12.1 Å². The van der Waals surface area contributed by atoms with Gasteiger partial charge in [-0.3, -0.25) is 4.90 Å². The number of nitrogens with one attached hydrogen (secondary N) is 1. The minimum Gasteiger partial charge on any atom is -0.311 e. The van der Waals surface area contributed by atoms with Crippen LogP contribution in [-0.4, -0.2) is 42.8 Å². The highest BCUT2D eigenvalue weighted by molar-refractivity contribution is 4.92. The fourth-order valence-electron chi connectivity index (χ4n) is 2.77. The summed E-state index contributed by atoms with van der Waals surface area (Å²) in [6.45, 7) is 0.480. The number of hydrogen-bond donors (Lipinski definition) is 1. The maximum atomic E-state index is 12.3. The molecule has 5 heteroatoms. The summed E-state index contributed by atoms with van der Waals surface area (Å²) in [6.07, 6.45) is 0.0946. The van der Waals surface area contributed by atoms with Gasteiger partial charge in [-0.25, -0.2) is 0 Å². The van der Waals surface area contributed by atoms with Crippen molar-refractivity contribution >= 4 is 0 Å². The lowest BCUT2D eigenvalue weighted by atomic mass is 9.87. The summed E-state index contributed by atoms with van der Waals surface area (Å²) in [6, 6.07) is 0.393. The molecule has 0 unspecified atom stereocenters. The van der Waals surface area contributed by atoms with E-state index < -0.39 is 12.7 Å². The van der Waals surface area contributed by atoms with Crippen LogP contribution in [0.2, 0.25) is 0 Å². The first-order valence-corrected chi connectivity index (χ1v) is 5.60. The first-order chi connectivity index (χ1) is 7.06. The highest BCUT2D eigenvalue weighted by Crippen LogP contribution is 2.28. The summed E-state index contributed by atoms with van der Waals surface area (Å²) in [5, 5.41) is 3.33. The van der Waals surface area contributed by atoms with Crippen LogP contribution >= 0.6 is 0 Å². The standard InChI is InChI=1S/C10H17F3N2/c11-10(12,13)7-15-6-5-14-8-3-1-2-4-9(8)15/h8-9,14H,1-7H2/t8-,9-/m0/s1. The van der Waals surface area contributed by atoms with Crippen LogP contribution in [-0.2, 0) is 0 Å². The number of halogens is 3. The maximum Gasteiger partial charge on any atom is 0.401 e. The van der Waals surface area contributed by atoms with E-state index in [4.69, 9.17) is 0 Å². The summed E-state index contributed by atoms with van der Waals surface area (Å²) in [5.41, 5.74) is 0. The van der Waals surface area contributed by atoms with Gasteiger partial charge in [-0.15, -0.1) is 0 Å². The predicted molar refractivity (Wildman–Crippen MR) is 51.7 cm³/mol. The van der Waals surface area contributed by atoms with Crippen LogP contribution in [0.15, 0.2) is 0 Å². The highest BCUT2D eigenvalue weighted by Gasteiger charge is 2.39. The molecule has 0 aromatic rings. The molecule has 0 aromatic heterocycles. The Morgan fingerprint density at radius 2 is 1.93 bits per heavy atom. The van der Waals surface area contributed by atoms with Crippen molar-refractivity contribution in [1.82, 2.24) is 10.2 Å². The second kappa shape index (κ2) is 4.29. The zero-order valence-corrected chi connectivity index (χ0v) is 8.69. The van der Waals surface area contributed by atoms with E-state index >= 15 is 0 Å². The Morgan fingerprint density at radius 3 is 2.67 bits per heavy atom. The molecule has 2 nitrogen and oxygen atoms in total. The molecule has 1 aliphatic carbocycles. The zero-order valence-electron chi connectivity index (χ0n) is 8.69. The predicted octanol–water partition coefficient (Wildman–Crippen LogP) is 1.77. The van der Waals surface area contributed by atoms with Crippen LogP contribution < -0.4 is 5.32 Å². The summed E-state index contributed by atoms with van der Waals surface area (Å²) < 4.78 is 37.0. The molecule has 1 N–H and O–H groups in total. The fraction of sp³-hybridized carbons (Fsp3) is 1.00. The Bertz CT molecular complexity index is 215. The van der Waals surface area contributed by atoms with Gasteiger partial charge in [0, 0.05) is 25.2 Å². The van der Waals surface area contributed by atoms with E-state index in [0.717, 1.165) is 25.7 Å². The molecule has 1 heterocycles. The van der Waals surface area contributed by atoms with Crippen molar-refractivity contribution in [1.29, 1.82) is 0 Å². The maximum absolute atomic E-state index is 12.3. The third-order valence-electron chi connectivity index (χ3n) is 3.39. The number of rotatable bonds is 1. The summed E-state index contributed by atoms with van der Waals surface area (Å²) in [5.74, 6) is 0. The first kappa shape index (κ1) is 11.2. The van der Waals surface area contributed by atoms with Gasteiger partial charge in [-0.05, 0) is 12.8 Å². The van der Waals surface area contributed by atoms with Crippen molar-refractivity contribution in [3.8, 4) is 0 Å². The molecule has 0 amide bonds. The topological polar surface area (TPSA) is 15.3 Å². The number of hydrogen-bond acceptors (Lipinski definition) is 2. The molecule has 0 bridgehead atoms. The Hall–Kier alpha value is -0.290. The van der Waals surface area contributed by atoms with Gasteiger partial charge < -0.3 is 5.32 Å². The molecule has 2 aliphatic rings. The Morgan fingerprint density at radius 1 is 1.20 bits per heavy atom. The molecular weight excluding hydrogens is 205 g/mol. The Kier molecular flexibility index (Phi) is 3.21. The van der Waals surface area contributed by atoms with E-state index in [2.05, 4.69) is 5.32 Å². The van der Waals surface area contributed by atoms with E-state index in [1.165, 1.54) is 0 Å². The van der Waals surface area contributed by atoms with Crippen LogP contribution in [0, 0.1) is 0 Å². The first-order valence-electron chi connectivity index (χ1n) is 5.60. The lowest BCUT2D eigenvalue weighted by Crippen LogP contribution is -2.60. The molecule has 0 spiro atoms. The highest BCUT2D eigenvalue weighted by atomic mass is 19.4. The van der Waals surface area contributed by atoms with E-state index in [0.29, 0.717) is 13.1 Å². The molecule has 1 saturated carbocycles. The minimum absolute atomic E-state index is 0.106. The van der Waals surface area contributed by atoms with Crippen molar-refractivity contribution in [3.05, 3.63) is 0 Å². The normalized spacial score (nSPS) is 33.8. The van der Waals surface area contributed by atoms with Gasteiger partial charge in [0.25, 0.3) is 0 Å². The number of alkyl halides is 3. The van der Waals surface area contributed by atoms with Gasteiger partial charge in [-0.1, -0.05) is 12.8 Å². The molecular formula is C10H17F3N2. The molecule has 1 aliphatic heterocycles. The lowest BCUT2D eigenvalue weighted by molar-refractivity contribution is -0.156. The van der Waals surface area contributed by atoms with Gasteiger partial charge >= 0.3 is 6.18 Å². The smallest absolute Gasteiger partial charge is 0.311 e. The molecule has 2 fully saturated rings. The lowest BCUT2D eigenvalue weighted by Gasteiger charge is -2.44. The molecule has 0 radical (unpaired) electrons. The molecule has 2 atom stereocenters. The van der Waals surface area contributed by atoms with Crippen LogP contribution in [0.3, 0.4) is 0 Å². The van der Waals surface area contributed by atoms with Crippen LogP contribution in [0.5, 0.6) is 0 Å². The average Bonchev–Trinajstić information content (AvgIpc) is 2.16. The SMILES string of the molecule is FC(F)(F)CN1CCN[C@H]2CCCC[C@@H]21. The van der Waals surface area contributed by atoms with Crippen molar-refractivity contribution in [2.45, 2.75) is 43.9 Å².